The minimum Gasteiger partial charge on any atom is -0.458 e. The Kier molecular flexibility index (Phi) is 3.95. The number of rotatable bonds is 4. The first-order valence-electron chi connectivity index (χ1n) is 7.31. The largest absolute Gasteiger partial charge is 0.458 e. The lowest BCUT2D eigenvalue weighted by molar-refractivity contribution is -0.220. The van der Waals surface area contributed by atoms with E-state index >= 15 is 0 Å². The van der Waals surface area contributed by atoms with Gasteiger partial charge in [0.05, 0.1) is 6.61 Å². The first-order valence-corrected chi connectivity index (χ1v) is 7.31. The van der Waals surface area contributed by atoms with E-state index < -0.39 is 5.79 Å². The van der Waals surface area contributed by atoms with E-state index in [2.05, 4.69) is 37.2 Å². The maximum absolute atomic E-state index is 6.31. The molecule has 0 saturated carbocycles. The van der Waals surface area contributed by atoms with Crippen molar-refractivity contribution in [2.24, 2.45) is 0 Å². The molecule has 110 valence electrons. The van der Waals surface area contributed by atoms with Gasteiger partial charge in [-0.15, -0.1) is 0 Å². The first-order chi connectivity index (χ1) is 10.2. The molecule has 2 aromatic rings. The summed E-state index contributed by atoms with van der Waals surface area (Å²) in [6.45, 7) is 1.48. The van der Waals surface area contributed by atoms with Gasteiger partial charge < -0.3 is 14.4 Å². The molecule has 1 heterocycles. The molecule has 3 heteroatoms. The molecule has 0 aromatic heterocycles. The second-order valence-corrected chi connectivity index (χ2v) is 5.67. The predicted octanol–water partition coefficient (Wildman–Crippen LogP) is 3.40. The molecule has 0 saturated heterocycles. The lowest BCUT2D eigenvalue weighted by atomic mass is 10.00. The quantitative estimate of drug-likeness (QED) is 0.858. The van der Waals surface area contributed by atoms with E-state index in [0.29, 0.717) is 6.61 Å². The SMILES string of the molecule is CN(C)CCC1(c2ccccc2)OCc2ccccc2O1. The zero-order valence-electron chi connectivity index (χ0n) is 12.6. The van der Waals surface area contributed by atoms with Crippen LogP contribution in [-0.4, -0.2) is 25.5 Å². The smallest absolute Gasteiger partial charge is 0.238 e. The molecule has 21 heavy (non-hydrogen) atoms. The van der Waals surface area contributed by atoms with Crippen molar-refractivity contribution in [3.8, 4) is 5.75 Å². The van der Waals surface area contributed by atoms with Crippen molar-refractivity contribution in [3.63, 3.8) is 0 Å². The van der Waals surface area contributed by atoms with Crippen LogP contribution < -0.4 is 4.74 Å². The van der Waals surface area contributed by atoms with E-state index in [1.807, 2.05) is 36.4 Å². The van der Waals surface area contributed by atoms with E-state index in [1.165, 1.54) is 0 Å². The van der Waals surface area contributed by atoms with Crippen LogP contribution in [0.1, 0.15) is 17.5 Å². The van der Waals surface area contributed by atoms with Crippen LogP contribution in [0.25, 0.3) is 0 Å². The Morgan fingerprint density at radius 3 is 2.48 bits per heavy atom. The molecule has 0 aliphatic carbocycles. The summed E-state index contributed by atoms with van der Waals surface area (Å²) in [4.78, 5) is 2.15. The molecule has 0 bridgehead atoms. The Morgan fingerprint density at radius 1 is 1.00 bits per heavy atom. The molecule has 1 unspecified atom stereocenters. The van der Waals surface area contributed by atoms with Crippen LogP contribution in [0.5, 0.6) is 5.75 Å². The predicted molar refractivity (Wildman–Crippen MR) is 83.2 cm³/mol. The molecular weight excluding hydrogens is 262 g/mol. The first kappa shape index (κ1) is 14.1. The van der Waals surface area contributed by atoms with Gasteiger partial charge in [-0.2, -0.15) is 0 Å². The Balaban J connectivity index is 1.95. The summed E-state index contributed by atoms with van der Waals surface area (Å²) >= 11 is 0. The second kappa shape index (κ2) is 5.88. The summed E-state index contributed by atoms with van der Waals surface area (Å²) in [6, 6.07) is 18.3. The lowest BCUT2D eigenvalue weighted by Gasteiger charge is -2.39. The molecule has 0 N–H and O–H groups in total. The van der Waals surface area contributed by atoms with E-state index in [4.69, 9.17) is 9.47 Å². The molecule has 0 amide bonds. The van der Waals surface area contributed by atoms with Gasteiger partial charge in [-0.25, -0.2) is 0 Å². The zero-order chi connectivity index (χ0) is 14.7. The van der Waals surface area contributed by atoms with Crippen molar-refractivity contribution in [2.45, 2.75) is 18.8 Å². The van der Waals surface area contributed by atoms with Crippen LogP contribution in [-0.2, 0) is 17.1 Å². The highest BCUT2D eigenvalue weighted by atomic mass is 16.7. The molecule has 2 aromatic carbocycles. The van der Waals surface area contributed by atoms with Crippen molar-refractivity contribution in [1.29, 1.82) is 0 Å². The highest BCUT2D eigenvalue weighted by Gasteiger charge is 2.39. The number of nitrogens with zero attached hydrogens (tertiary/aromatic N) is 1. The van der Waals surface area contributed by atoms with Crippen LogP contribution in [0.3, 0.4) is 0 Å². The van der Waals surface area contributed by atoms with Crippen molar-refractivity contribution in [2.75, 3.05) is 20.6 Å². The van der Waals surface area contributed by atoms with Crippen LogP contribution in [0.2, 0.25) is 0 Å². The molecule has 1 aliphatic heterocycles. The van der Waals surface area contributed by atoms with Gasteiger partial charge >= 0.3 is 0 Å². The maximum atomic E-state index is 6.31. The topological polar surface area (TPSA) is 21.7 Å². The summed E-state index contributed by atoms with van der Waals surface area (Å²) in [5.41, 5.74) is 2.18. The third-order valence-corrected chi connectivity index (χ3v) is 3.81. The van der Waals surface area contributed by atoms with Gasteiger partial charge in [-0.3, -0.25) is 0 Å². The van der Waals surface area contributed by atoms with E-state index in [0.717, 1.165) is 29.8 Å². The number of fused-ring (bicyclic) bond motifs is 1. The molecule has 3 rings (SSSR count). The highest BCUT2D eigenvalue weighted by Crippen LogP contribution is 2.39. The minimum atomic E-state index is -0.695. The summed E-state index contributed by atoms with van der Waals surface area (Å²) < 4.78 is 12.5. The monoisotopic (exact) mass is 283 g/mol. The summed E-state index contributed by atoms with van der Waals surface area (Å²) in [7, 11) is 4.13. The standard InChI is InChI=1S/C18H21NO2/c1-19(2)13-12-18(16-9-4-3-5-10-16)20-14-15-8-6-7-11-17(15)21-18/h3-11H,12-14H2,1-2H3. The summed E-state index contributed by atoms with van der Waals surface area (Å²) in [5.74, 6) is 0.228. The average Bonchev–Trinajstić information content (AvgIpc) is 2.53. The second-order valence-electron chi connectivity index (χ2n) is 5.67. The normalized spacial score (nSPS) is 20.9. The van der Waals surface area contributed by atoms with Crippen molar-refractivity contribution in [1.82, 2.24) is 4.90 Å². The van der Waals surface area contributed by atoms with Crippen molar-refractivity contribution in [3.05, 3.63) is 65.7 Å². The molecular formula is C18H21NO2. The minimum absolute atomic E-state index is 0.582. The van der Waals surface area contributed by atoms with Crippen LogP contribution in [0.4, 0.5) is 0 Å². The number of hydrogen-bond acceptors (Lipinski definition) is 3. The van der Waals surface area contributed by atoms with Gasteiger partial charge in [0.1, 0.15) is 5.75 Å². The molecule has 3 nitrogen and oxygen atoms in total. The van der Waals surface area contributed by atoms with Gasteiger partial charge in [0.25, 0.3) is 0 Å². The zero-order valence-corrected chi connectivity index (χ0v) is 12.6. The average molecular weight is 283 g/mol. The summed E-state index contributed by atoms with van der Waals surface area (Å²) in [5, 5.41) is 0. The molecule has 0 radical (unpaired) electrons. The summed E-state index contributed by atoms with van der Waals surface area (Å²) in [6.07, 6.45) is 0.790. The van der Waals surface area contributed by atoms with E-state index in [-0.39, 0.29) is 0 Å². The number of ether oxygens (including phenoxy) is 2. The highest BCUT2D eigenvalue weighted by molar-refractivity contribution is 5.36. The van der Waals surface area contributed by atoms with E-state index in [9.17, 15) is 0 Å². The fourth-order valence-corrected chi connectivity index (χ4v) is 2.60. The number of para-hydroxylation sites is 1. The van der Waals surface area contributed by atoms with Crippen LogP contribution in [0.15, 0.2) is 54.6 Å². The maximum Gasteiger partial charge on any atom is 0.238 e. The number of hydrogen-bond donors (Lipinski definition) is 0. The van der Waals surface area contributed by atoms with Gasteiger partial charge in [-0.05, 0) is 20.2 Å². The van der Waals surface area contributed by atoms with Crippen LogP contribution in [0, 0.1) is 0 Å². The Labute approximate surface area is 126 Å². The van der Waals surface area contributed by atoms with Gasteiger partial charge in [0.15, 0.2) is 0 Å². The third-order valence-electron chi connectivity index (χ3n) is 3.81. The van der Waals surface area contributed by atoms with Crippen molar-refractivity contribution >= 4 is 0 Å². The Hall–Kier alpha value is -1.84. The lowest BCUT2D eigenvalue weighted by Crippen LogP contribution is -2.41. The number of benzene rings is 2. The van der Waals surface area contributed by atoms with Gasteiger partial charge in [-0.1, -0.05) is 48.5 Å². The third kappa shape index (κ3) is 2.94. The molecule has 0 spiro atoms. The van der Waals surface area contributed by atoms with Gasteiger partial charge in [0, 0.05) is 24.1 Å². The molecule has 1 aliphatic rings. The van der Waals surface area contributed by atoms with Gasteiger partial charge in [0.2, 0.25) is 5.79 Å². The molecule has 1 atom stereocenters. The van der Waals surface area contributed by atoms with Crippen molar-refractivity contribution < 1.29 is 9.47 Å². The Bertz CT molecular complexity index is 597. The van der Waals surface area contributed by atoms with Crippen LogP contribution >= 0.6 is 0 Å². The van der Waals surface area contributed by atoms with E-state index in [1.54, 1.807) is 0 Å². The molecule has 0 fully saturated rings. The fraction of sp³-hybridized carbons (Fsp3) is 0.333. The fourth-order valence-electron chi connectivity index (χ4n) is 2.60. The Morgan fingerprint density at radius 2 is 1.71 bits per heavy atom.